The lowest BCUT2D eigenvalue weighted by atomic mass is 9.86. The Morgan fingerprint density at radius 2 is 1.70 bits per heavy atom. The molecule has 0 aromatic heterocycles. The summed E-state index contributed by atoms with van der Waals surface area (Å²) in [6.07, 6.45) is 10.9. The first-order chi connectivity index (χ1) is 11.0. The number of hydrogen-bond acceptors (Lipinski definition) is 0. The van der Waals surface area contributed by atoms with Crippen LogP contribution in [-0.2, 0) is 6.42 Å². The Morgan fingerprint density at radius 1 is 1.04 bits per heavy atom. The molecule has 0 heteroatoms. The van der Waals surface area contributed by atoms with Crippen molar-refractivity contribution in [2.24, 2.45) is 0 Å². The van der Waals surface area contributed by atoms with Crippen molar-refractivity contribution in [2.75, 3.05) is 0 Å². The van der Waals surface area contributed by atoms with E-state index < -0.39 is 0 Å². The number of allylic oxidation sites excluding steroid dienone is 2. The largest absolute Gasteiger partial charge is 0.124 e. The number of hydrogen-bond donors (Lipinski definition) is 0. The smallest absolute Gasteiger partial charge is 0.00708 e. The Kier molecular flexibility index (Phi) is 6.61. The Bertz CT molecular complexity index is 742. The number of benzene rings is 2. The van der Waals surface area contributed by atoms with Crippen molar-refractivity contribution in [3.8, 4) is 24.0 Å². The van der Waals surface area contributed by atoms with E-state index in [-0.39, 0.29) is 0 Å². The minimum absolute atomic E-state index is 0.989. The Morgan fingerprint density at radius 3 is 2.22 bits per heavy atom. The number of aryl methyl sites for hydroxylation is 4. The lowest BCUT2D eigenvalue weighted by Crippen LogP contribution is -1.97. The second kappa shape index (κ2) is 8.20. The molecule has 0 nitrogen and oxygen atoms in total. The molecule has 2 aromatic rings. The number of rotatable bonds is 4. The van der Waals surface area contributed by atoms with Crippen molar-refractivity contribution < 1.29 is 0 Å². The quantitative estimate of drug-likeness (QED) is 0.460. The second-order valence-electron chi connectivity index (χ2n) is 5.75. The molecule has 0 spiro atoms. The lowest BCUT2D eigenvalue weighted by molar-refractivity contribution is 1.13. The maximum Gasteiger partial charge on any atom is -0.00708 e. The van der Waals surface area contributed by atoms with E-state index in [0.717, 1.165) is 12.0 Å². The third-order valence-electron chi connectivity index (χ3n) is 3.99. The third-order valence-corrected chi connectivity index (χ3v) is 3.99. The molecular weight excluding hydrogens is 276 g/mol. The molecule has 118 valence electrons. The van der Waals surface area contributed by atoms with Crippen LogP contribution in [0.3, 0.4) is 0 Å². The SMILES string of the molecule is C#C.C=CC(=C)c1cc(C)cc(CC)c1-c1ccc(C)cc1C. The summed E-state index contributed by atoms with van der Waals surface area (Å²) < 4.78 is 0. The second-order valence-corrected chi connectivity index (χ2v) is 5.75. The van der Waals surface area contributed by atoms with Crippen molar-refractivity contribution in [3.63, 3.8) is 0 Å². The lowest BCUT2D eigenvalue weighted by Gasteiger charge is -2.18. The first-order valence-corrected chi connectivity index (χ1v) is 7.84. The van der Waals surface area contributed by atoms with Crippen LogP contribution in [0, 0.1) is 33.6 Å². The number of terminal acetylenes is 1. The molecule has 0 unspecified atom stereocenters. The van der Waals surface area contributed by atoms with Crippen molar-refractivity contribution in [1.29, 1.82) is 0 Å². The molecule has 2 aromatic carbocycles. The van der Waals surface area contributed by atoms with E-state index in [9.17, 15) is 0 Å². The van der Waals surface area contributed by atoms with E-state index in [1.54, 1.807) is 0 Å². The highest BCUT2D eigenvalue weighted by Crippen LogP contribution is 2.35. The van der Waals surface area contributed by atoms with Crippen LogP contribution < -0.4 is 0 Å². The summed E-state index contributed by atoms with van der Waals surface area (Å²) in [5, 5.41) is 0. The molecule has 0 fully saturated rings. The van der Waals surface area contributed by atoms with Crippen molar-refractivity contribution >= 4 is 5.57 Å². The maximum atomic E-state index is 4.18. The molecule has 23 heavy (non-hydrogen) atoms. The van der Waals surface area contributed by atoms with Gasteiger partial charge in [-0.2, -0.15) is 0 Å². The average Bonchev–Trinajstić information content (AvgIpc) is 2.55. The average molecular weight is 302 g/mol. The Hall–Kier alpha value is -2.52. The van der Waals surface area contributed by atoms with Gasteiger partial charge in [0.1, 0.15) is 0 Å². The predicted molar refractivity (Wildman–Crippen MR) is 105 cm³/mol. The molecule has 0 radical (unpaired) electrons. The van der Waals surface area contributed by atoms with Gasteiger partial charge in [-0.15, -0.1) is 12.8 Å². The van der Waals surface area contributed by atoms with Crippen LogP contribution in [0.5, 0.6) is 0 Å². The van der Waals surface area contributed by atoms with Gasteiger partial charge in [-0.3, -0.25) is 0 Å². The zero-order valence-electron chi connectivity index (χ0n) is 14.7. The highest BCUT2D eigenvalue weighted by Gasteiger charge is 2.14. The molecule has 0 saturated heterocycles. The van der Waals surface area contributed by atoms with Crippen LogP contribution in [0.25, 0.3) is 16.7 Å². The molecule has 0 aliphatic rings. The monoisotopic (exact) mass is 302 g/mol. The van der Waals surface area contributed by atoms with E-state index in [1.165, 1.54) is 38.9 Å². The molecule has 0 aliphatic heterocycles. The van der Waals surface area contributed by atoms with E-state index >= 15 is 0 Å². The molecule has 0 heterocycles. The van der Waals surface area contributed by atoms with Crippen molar-refractivity contribution in [2.45, 2.75) is 34.1 Å². The summed E-state index contributed by atoms with van der Waals surface area (Å²) in [7, 11) is 0. The minimum Gasteiger partial charge on any atom is -0.124 e. The van der Waals surface area contributed by atoms with E-state index in [0.29, 0.717) is 0 Å². The van der Waals surface area contributed by atoms with Gasteiger partial charge in [0.25, 0.3) is 0 Å². The maximum absolute atomic E-state index is 4.18. The standard InChI is InChI=1S/C21H24.C2H2/c1-7-16(5)20-13-15(4)12-18(8-2)21(20)19-10-9-14(3)11-17(19)6;1-2/h7,9-13H,1,5,8H2,2-4,6H3;1-2H. The van der Waals surface area contributed by atoms with Gasteiger partial charge in [0, 0.05) is 0 Å². The predicted octanol–water partition coefficient (Wildman–Crippen LogP) is 6.29. The fourth-order valence-corrected chi connectivity index (χ4v) is 2.92. The fourth-order valence-electron chi connectivity index (χ4n) is 2.92. The van der Waals surface area contributed by atoms with Crippen LogP contribution in [0.15, 0.2) is 49.6 Å². The molecule has 2 rings (SSSR count). The van der Waals surface area contributed by atoms with Gasteiger partial charge < -0.3 is 0 Å². The normalized spacial score (nSPS) is 9.65. The summed E-state index contributed by atoms with van der Waals surface area (Å²) in [6, 6.07) is 11.2. The minimum atomic E-state index is 0.989. The first kappa shape index (κ1) is 18.5. The zero-order chi connectivity index (χ0) is 17.6. The van der Waals surface area contributed by atoms with Crippen LogP contribution in [0.4, 0.5) is 0 Å². The van der Waals surface area contributed by atoms with Crippen LogP contribution in [0.1, 0.15) is 34.7 Å². The summed E-state index contributed by atoms with van der Waals surface area (Å²) in [4.78, 5) is 0. The highest BCUT2D eigenvalue weighted by atomic mass is 14.2. The van der Waals surface area contributed by atoms with Crippen molar-refractivity contribution in [1.82, 2.24) is 0 Å². The molecule has 0 bridgehead atoms. The van der Waals surface area contributed by atoms with Crippen LogP contribution in [0.2, 0.25) is 0 Å². The summed E-state index contributed by atoms with van der Waals surface area (Å²) in [5.41, 5.74) is 10.1. The van der Waals surface area contributed by atoms with Gasteiger partial charge in [0.2, 0.25) is 0 Å². The summed E-state index contributed by atoms with van der Waals surface area (Å²) in [5.74, 6) is 0. The molecule has 0 N–H and O–H groups in total. The van der Waals surface area contributed by atoms with Gasteiger partial charge in [0.05, 0.1) is 0 Å². The molecule has 0 amide bonds. The summed E-state index contributed by atoms with van der Waals surface area (Å²) >= 11 is 0. The Balaban J connectivity index is 0.00000127. The first-order valence-electron chi connectivity index (χ1n) is 7.84. The third kappa shape index (κ3) is 4.02. The van der Waals surface area contributed by atoms with Gasteiger partial charge in [0.15, 0.2) is 0 Å². The fraction of sp³-hybridized carbons (Fsp3) is 0.217. The van der Waals surface area contributed by atoms with Crippen LogP contribution >= 0.6 is 0 Å². The van der Waals surface area contributed by atoms with E-state index in [4.69, 9.17) is 0 Å². The molecule has 0 atom stereocenters. The van der Waals surface area contributed by atoms with Gasteiger partial charge in [-0.25, -0.2) is 0 Å². The van der Waals surface area contributed by atoms with Crippen molar-refractivity contribution in [3.05, 3.63) is 77.4 Å². The summed E-state index contributed by atoms with van der Waals surface area (Å²) in [6.45, 7) is 16.7. The van der Waals surface area contributed by atoms with Gasteiger partial charge in [-0.1, -0.05) is 67.6 Å². The van der Waals surface area contributed by atoms with Gasteiger partial charge in [-0.05, 0) is 60.6 Å². The highest BCUT2D eigenvalue weighted by molar-refractivity contribution is 5.87. The zero-order valence-corrected chi connectivity index (χ0v) is 14.7. The van der Waals surface area contributed by atoms with E-state index in [1.807, 2.05) is 6.08 Å². The molecular formula is C23H26. The van der Waals surface area contributed by atoms with Crippen LogP contribution in [-0.4, -0.2) is 0 Å². The molecule has 0 aliphatic carbocycles. The van der Waals surface area contributed by atoms with Gasteiger partial charge >= 0.3 is 0 Å². The Labute approximate surface area is 141 Å². The van der Waals surface area contributed by atoms with E-state index in [2.05, 4.69) is 84.0 Å². The topological polar surface area (TPSA) is 0 Å². The molecule has 0 saturated carbocycles.